The lowest BCUT2D eigenvalue weighted by molar-refractivity contribution is -0.132. The van der Waals surface area contributed by atoms with Gasteiger partial charge in [0, 0.05) is 29.9 Å². The predicted molar refractivity (Wildman–Crippen MR) is 106 cm³/mol. The highest BCUT2D eigenvalue weighted by Gasteiger charge is 2.42. The topological polar surface area (TPSA) is 65.5 Å². The van der Waals surface area contributed by atoms with Gasteiger partial charge in [-0.2, -0.15) is 0 Å². The van der Waals surface area contributed by atoms with Gasteiger partial charge in [0.15, 0.2) is 11.6 Å². The molecule has 8 heteroatoms. The van der Waals surface area contributed by atoms with Gasteiger partial charge in [0.2, 0.25) is 5.91 Å². The number of nitrogens with one attached hydrogen (secondary N) is 1. The van der Waals surface area contributed by atoms with Crippen LogP contribution in [0.2, 0.25) is 0 Å². The molecule has 2 aromatic rings. The molecule has 0 spiro atoms. The number of fused-ring (bicyclic) bond motifs is 3. The standard InChI is InChI=1S/C22H20F2N4O2/c1-12-2-3-13(8-25-12)16-7-15-6-14(16)9-28(15)20(29)11-27-10-17-19(26-22(27)30)5-4-18(23)21(17)24/h2-5,7-8,14-15H,6,9-11H2,1H3,(H,26,30)/t14-,15-/m1/s1. The summed E-state index contributed by atoms with van der Waals surface area (Å²) in [7, 11) is 0. The number of amides is 3. The number of hydrogen-bond donors (Lipinski definition) is 1. The molecule has 1 fully saturated rings. The minimum absolute atomic E-state index is 0.0203. The molecular formula is C22H20F2N4O2. The summed E-state index contributed by atoms with van der Waals surface area (Å²) in [6.45, 7) is 2.20. The van der Waals surface area contributed by atoms with Crippen LogP contribution in [-0.2, 0) is 11.3 Å². The molecule has 0 saturated carbocycles. The van der Waals surface area contributed by atoms with E-state index in [-0.39, 0.29) is 42.2 Å². The highest BCUT2D eigenvalue weighted by Crippen LogP contribution is 2.42. The van der Waals surface area contributed by atoms with Crippen LogP contribution in [-0.4, -0.2) is 45.9 Å². The van der Waals surface area contributed by atoms with Gasteiger partial charge in [-0.15, -0.1) is 0 Å². The van der Waals surface area contributed by atoms with Crippen LogP contribution >= 0.6 is 0 Å². The van der Waals surface area contributed by atoms with Crippen molar-refractivity contribution in [3.8, 4) is 0 Å². The van der Waals surface area contributed by atoms with E-state index in [0.29, 0.717) is 6.54 Å². The minimum Gasteiger partial charge on any atom is -0.334 e. The first kappa shape index (κ1) is 18.7. The lowest BCUT2D eigenvalue weighted by atomic mass is 9.96. The number of carbonyl (C=O) groups is 2. The number of benzene rings is 1. The number of urea groups is 1. The second kappa shape index (κ2) is 6.90. The van der Waals surface area contributed by atoms with Crippen LogP contribution in [0.15, 0.2) is 36.5 Å². The van der Waals surface area contributed by atoms with Crippen LogP contribution in [0.5, 0.6) is 0 Å². The molecule has 2 bridgehead atoms. The SMILES string of the molecule is Cc1ccc(C2=C[C@H]3C[C@@H]2CN3C(=O)CN2Cc3c(ccc(F)c3F)NC2=O)cn1. The van der Waals surface area contributed by atoms with E-state index in [1.165, 1.54) is 16.5 Å². The Labute approximate surface area is 172 Å². The largest absolute Gasteiger partial charge is 0.334 e. The Morgan fingerprint density at radius 3 is 2.80 bits per heavy atom. The maximum absolute atomic E-state index is 14.1. The summed E-state index contributed by atoms with van der Waals surface area (Å²) in [6, 6.07) is 5.81. The molecule has 1 aromatic carbocycles. The van der Waals surface area contributed by atoms with Crippen molar-refractivity contribution in [2.24, 2.45) is 5.92 Å². The van der Waals surface area contributed by atoms with Crippen molar-refractivity contribution in [2.75, 3.05) is 18.4 Å². The molecule has 3 amide bonds. The second-order valence-corrected chi connectivity index (χ2v) is 8.03. The molecular weight excluding hydrogens is 390 g/mol. The molecule has 5 rings (SSSR count). The summed E-state index contributed by atoms with van der Waals surface area (Å²) in [5.74, 6) is -1.93. The minimum atomic E-state index is -0.996. The molecule has 1 aliphatic carbocycles. The summed E-state index contributed by atoms with van der Waals surface area (Å²) in [4.78, 5) is 32.6. The second-order valence-electron chi connectivity index (χ2n) is 8.03. The van der Waals surface area contributed by atoms with Gasteiger partial charge in [-0.05, 0) is 42.7 Å². The van der Waals surface area contributed by atoms with E-state index >= 15 is 0 Å². The van der Waals surface area contributed by atoms with E-state index in [0.717, 1.165) is 23.7 Å². The zero-order chi connectivity index (χ0) is 21.0. The Morgan fingerprint density at radius 1 is 1.27 bits per heavy atom. The Morgan fingerprint density at radius 2 is 2.10 bits per heavy atom. The molecule has 0 unspecified atom stereocenters. The number of aromatic nitrogens is 1. The van der Waals surface area contributed by atoms with Gasteiger partial charge in [-0.3, -0.25) is 9.78 Å². The lowest BCUT2D eigenvalue weighted by Crippen LogP contribution is -2.47. The van der Waals surface area contributed by atoms with Gasteiger partial charge >= 0.3 is 6.03 Å². The van der Waals surface area contributed by atoms with Gasteiger partial charge in [-0.25, -0.2) is 13.6 Å². The lowest BCUT2D eigenvalue weighted by Gasteiger charge is -2.32. The molecule has 154 valence electrons. The van der Waals surface area contributed by atoms with Crippen molar-refractivity contribution in [2.45, 2.75) is 25.9 Å². The normalized spacial score (nSPS) is 22.1. The predicted octanol–water partition coefficient (Wildman–Crippen LogP) is 3.33. The number of nitrogens with zero attached hydrogens (tertiary/aromatic N) is 3. The van der Waals surface area contributed by atoms with Crippen LogP contribution < -0.4 is 5.32 Å². The third kappa shape index (κ3) is 3.03. The first-order valence-corrected chi connectivity index (χ1v) is 9.87. The van der Waals surface area contributed by atoms with Gasteiger partial charge in [-0.1, -0.05) is 12.1 Å². The number of aryl methyl sites for hydroxylation is 1. The number of halogens is 2. The molecule has 30 heavy (non-hydrogen) atoms. The first-order valence-electron chi connectivity index (χ1n) is 9.87. The van der Waals surface area contributed by atoms with Gasteiger partial charge in [0.1, 0.15) is 6.54 Å². The first-order chi connectivity index (χ1) is 14.4. The number of rotatable bonds is 3. The maximum atomic E-state index is 14.1. The van der Waals surface area contributed by atoms with Gasteiger partial charge in [0.25, 0.3) is 0 Å². The van der Waals surface area contributed by atoms with Gasteiger partial charge in [0.05, 0.1) is 18.3 Å². The highest BCUT2D eigenvalue weighted by molar-refractivity contribution is 5.95. The van der Waals surface area contributed by atoms with Crippen LogP contribution in [0.4, 0.5) is 19.3 Å². The third-order valence-corrected chi connectivity index (χ3v) is 6.12. The number of carbonyl (C=O) groups excluding carboxylic acids is 2. The molecule has 1 N–H and O–H groups in total. The zero-order valence-corrected chi connectivity index (χ0v) is 16.4. The Balaban J connectivity index is 1.30. The molecule has 1 saturated heterocycles. The van der Waals surface area contributed by atoms with E-state index in [4.69, 9.17) is 0 Å². The summed E-state index contributed by atoms with van der Waals surface area (Å²) >= 11 is 0. The molecule has 0 radical (unpaired) electrons. The van der Waals surface area contributed by atoms with Crippen LogP contribution in [0, 0.1) is 24.5 Å². The van der Waals surface area contributed by atoms with E-state index in [9.17, 15) is 18.4 Å². The maximum Gasteiger partial charge on any atom is 0.322 e. The molecule has 1 aromatic heterocycles. The number of anilines is 1. The van der Waals surface area contributed by atoms with Crippen molar-refractivity contribution < 1.29 is 18.4 Å². The average molecular weight is 410 g/mol. The van der Waals surface area contributed by atoms with Crippen molar-refractivity contribution in [1.29, 1.82) is 0 Å². The fraction of sp³-hybridized carbons (Fsp3) is 0.318. The third-order valence-electron chi connectivity index (χ3n) is 6.12. The number of likely N-dealkylation sites (tertiary alicyclic amines) is 1. The van der Waals surface area contributed by atoms with Crippen molar-refractivity contribution >= 4 is 23.2 Å². The van der Waals surface area contributed by atoms with Crippen molar-refractivity contribution in [3.63, 3.8) is 0 Å². The van der Waals surface area contributed by atoms with Crippen LogP contribution in [0.1, 0.15) is 23.2 Å². The monoisotopic (exact) mass is 410 g/mol. The number of hydrogen-bond acceptors (Lipinski definition) is 3. The summed E-state index contributed by atoms with van der Waals surface area (Å²) in [5.41, 5.74) is 3.53. The molecule has 6 nitrogen and oxygen atoms in total. The van der Waals surface area contributed by atoms with Gasteiger partial charge < -0.3 is 15.1 Å². The summed E-state index contributed by atoms with van der Waals surface area (Å²) in [6.07, 6.45) is 4.81. The van der Waals surface area contributed by atoms with E-state index in [1.54, 1.807) is 4.90 Å². The quantitative estimate of drug-likeness (QED) is 0.844. The molecule has 2 atom stereocenters. The smallest absolute Gasteiger partial charge is 0.322 e. The van der Waals surface area contributed by atoms with E-state index in [1.807, 2.05) is 25.3 Å². The van der Waals surface area contributed by atoms with Crippen molar-refractivity contribution in [3.05, 3.63) is 65.0 Å². The highest BCUT2D eigenvalue weighted by atomic mass is 19.2. The molecule has 2 aliphatic heterocycles. The van der Waals surface area contributed by atoms with Crippen LogP contribution in [0.3, 0.4) is 0 Å². The fourth-order valence-electron chi connectivity index (χ4n) is 4.55. The van der Waals surface area contributed by atoms with Crippen molar-refractivity contribution in [1.82, 2.24) is 14.8 Å². The Bertz CT molecular complexity index is 1080. The van der Waals surface area contributed by atoms with E-state index in [2.05, 4.69) is 16.4 Å². The summed E-state index contributed by atoms with van der Waals surface area (Å²) < 4.78 is 27.7. The zero-order valence-electron chi connectivity index (χ0n) is 16.4. The summed E-state index contributed by atoms with van der Waals surface area (Å²) in [5, 5.41) is 2.53. The molecule has 3 heterocycles. The fourth-order valence-corrected chi connectivity index (χ4v) is 4.55. The number of pyridine rings is 1. The Hall–Kier alpha value is -3.29. The van der Waals surface area contributed by atoms with E-state index < -0.39 is 17.7 Å². The Kier molecular flexibility index (Phi) is 4.30. The average Bonchev–Trinajstić information content (AvgIpc) is 3.34. The molecule has 3 aliphatic rings. The van der Waals surface area contributed by atoms with Crippen LogP contribution in [0.25, 0.3) is 5.57 Å².